The largest absolute Gasteiger partial charge is 0.447 e. The van der Waals surface area contributed by atoms with Gasteiger partial charge < -0.3 is 10.1 Å². The van der Waals surface area contributed by atoms with Crippen molar-refractivity contribution < 1.29 is 14.3 Å². The molecule has 0 aliphatic heterocycles. The van der Waals surface area contributed by atoms with E-state index >= 15 is 0 Å². The monoisotopic (exact) mass is 388 g/mol. The number of nitrogens with zero attached hydrogens (tertiary/aromatic N) is 3. The van der Waals surface area contributed by atoms with Crippen molar-refractivity contribution in [2.75, 3.05) is 16.8 Å². The number of esters is 1. The van der Waals surface area contributed by atoms with Gasteiger partial charge in [-0.1, -0.05) is 18.2 Å². The van der Waals surface area contributed by atoms with Gasteiger partial charge in [0.05, 0.1) is 22.9 Å². The van der Waals surface area contributed by atoms with Crippen LogP contribution >= 0.6 is 11.8 Å². The van der Waals surface area contributed by atoms with Gasteiger partial charge in [0.15, 0.2) is 6.10 Å². The number of ether oxygens (including phenoxy) is 1. The fourth-order valence-electron chi connectivity index (χ4n) is 2.37. The van der Waals surface area contributed by atoms with E-state index in [2.05, 4.69) is 5.32 Å². The van der Waals surface area contributed by atoms with Gasteiger partial charge in [-0.15, -0.1) is 11.8 Å². The average Bonchev–Trinajstić information content (AvgIpc) is 2.85. The van der Waals surface area contributed by atoms with E-state index in [-0.39, 0.29) is 22.8 Å². The van der Waals surface area contributed by atoms with Crippen molar-refractivity contribution in [2.45, 2.75) is 20.0 Å². The molecule has 1 heterocycles. The number of nitrogens with one attached hydrogen (secondary N) is 1. The Bertz CT molecular complexity index is 927. The number of amides is 1. The SMILES string of the molecule is Cc1c(NC(=O)CSCC(=O)O[C@H](C)C#N)c(=O)n(-c2ccccc2)n1C. The predicted molar refractivity (Wildman–Crippen MR) is 103 cm³/mol. The number of hydrogen-bond acceptors (Lipinski definition) is 6. The van der Waals surface area contributed by atoms with Gasteiger partial charge >= 0.3 is 5.97 Å². The molecule has 1 aromatic heterocycles. The van der Waals surface area contributed by atoms with E-state index in [1.807, 2.05) is 18.2 Å². The summed E-state index contributed by atoms with van der Waals surface area (Å²) >= 11 is 1.05. The molecule has 0 saturated carbocycles. The minimum atomic E-state index is -0.824. The highest BCUT2D eigenvalue weighted by Gasteiger charge is 2.18. The maximum atomic E-state index is 12.7. The van der Waals surface area contributed by atoms with Gasteiger partial charge in [0.25, 0.3) is 5.56 Å². The summed E-state index contributed by atoms with van der Waals surface area (Å²) in [6.07, 6.45) is -0.824. The van der Waals surface area contributed by atoms with Crippen LogP contribution in [0.4, 0.5) is 5.69 Å². The molecule has 0 unspecified atom stereocenters. The Kier molecular flexibility index (Phi) is 6.85. The number of nitriles is 1. The average molecular weight is 388 g/mol. The van der Waals surface area contributed by atoms with E-state index in [1.165, 1.54) is 11.6 Å². The van der Waals surface area contributed by atoms with Gasteiger partial charge in [0, 0.05) is 7.05 Å². The van der Waals surface area contributed by atoms with Crippen LogP contribution in [0.15, 0.2) is 35.1 Å². The molecule has 8 nitrogen and oxygen atoms in total. The second-order valence-corrected chi connectivity index (χ2v) is 6.72. The summed E-state index contributed by atoms with van der Waals surface area (Å²) in [4.78, 5) is 36.3. The summed E-state index contributed by atoms with van der Waals surface area (Å²) in [5.41, 5.74) is 1.18. The molecule has 1 amide bonds. The zero-order valence-corrected chi connectivity index (χ0v) is 16.1. The lowest BCUT2D eigenvalue weighted by Gasteiger charge is -2.07. The van der Waals surface area contributed by atoms with Crippen LogP contribution in [0.3, 0.4) is 0 Å². The molecule has 0 aliphatic rings. The summed E-state index contributed by atoms with van der Waals surface area (Å²) < 4.78 is 7.94. The van der Waals surface area contributed by atoms with Crippen molar-refractivity contribution in [3.63, 3.8) is 0 Å². The zero-order chi connectivity index (χ0) is 20.0. The van der Waals surface area contributed by atoms with Crippen LogP contribution in [0.1, 0.15) is 12.6 Å². The minimum Gasteiger partial charge on any atom is -0.447 e. The quantitative estimate of drug-likeness (QED) is 0.723. The van der Waals surface area contributed by atoms with E-state index in [9.17, 15) is 14.4 Å². The number of benzene rings is 1. The Morgan fingerprint density at radius 3 is 2.59 bits per heavy atom. The number of anilines is 1. The second-order valence-electron chi connectivity index (χ2n) is 5.74. The molecule has 0 bridgehead atoms. The maximum Gasteiger partial charge on any atom is 0.317 e. The molecule has 2 rings (SSSR count). The molecule has 0 aliphatic carbocycles. The summed E-state index contributed by atoms with van der Waals surface area (Å²) in [7, 11) is 1.74. The van der Waals surface area contributed by atoms with Gasteiger partial charge in [0.2, 0.25) is 5.91 Å². The predicted octanol–water partition coefficient (Wildman–Crippen LogP) is 1.61. The first-order valence-corrected chi connectivity index (χ1v) is 9.31. The summed E-state index contributed by atoms with van der Waals surface area (Å²) in [6, 6.07) is 10.9. The third-order valence-electron chi connectivity index (χ3n) is 3.76. The molecular formula is C18H20N4O4S. The Hall–Kier alpha value is -2.99. The van der Waals surface area contributed by atoms with Gasteiger partial charge in [-0.05, 0) is 26.0 Å². The third kappa shape index (κ3) is 5.01. The standard InChI is InChI=1S/C18H20N4O4S/c1-12(9-19)26-16(24)11-27-10-15(23)20-17-13(2)21(3)22(18(17)25)14-7-5-4-6-8-14/h4-8,12H,10-11H2,1-3H3,(H,20,23)/t12-/m1/s1. The number of carbonyl (C=O) groups is 2. The number of carbonyl (C=O) groups excluding carboxylic acids is 2. The fourth-order valence-corrected chi connectivity index (χ4v) is 2.97. The first-order valence-electron chi connectivity index (χ1n) is 8.16. The van der Waals surface area contributed by atoms with Crippen LogP contribution < -0.4 is 10.9 Å². The molecule has 1 N–H and O–H groups in total. The molecule has 9 heteroatoms. The van der Waals surface area contributed by atoms with Crippen LogP contribution in [0, 0.1) is 18.3 Å². The highest BCUT2D eigenvalue weighted by Crippen LogP contribution is 2.14. The van der Waals surface area contributed by atoms with Crippen molar-refractivity contribution in [1.29, 1.82) is 5.26 Å². The summed E-state index contributed by atoms with van der Waals surface area (Å²) in [5.74, 6) is -1.03. The van der Waals surface area contributed by atoms with E-state index in [0.717, 1.165) is 11.8 Å². The highest BCUT2D eigenvalue weighted by atomic mass is 32.2. The van der Waals surface area contributed by atoms with E-state index in [1.54, 1.807) is 36.9 Å². The Morgan fingerprint density at radius 1 is 1.30 bits per heavy atom. The van der Waals surface area contributed by atoms with Crippen LogP contribution in [-0.2, 0) is 21.4 Å². The lowest BCUT2D eigenvalue weighted by atomic mass is 10.3. The molecule has 142 valence electrons. The Labute approximate surface area is 160 Å². The molecular weight excluding hydrogens is 368 g/mol. The molecule has 0 spiro atoms. The number of para-hydroxylation sites is 1. The van der Waals surface area contributed by atoms with Crippen LogP contribution in [0.5, 0.6) is 0 Å². The second kappa shape index (κ2) is 9.09. The topological polar surface area (TPSA) is 106 Å². The number of aromatic nitrogens is 2. The van der Waals surface area contributed by atoms with Gasteiger partial charge in [-0.3, -0.25) is 19.1 Å². The van der Waals surface area contributed by atoms with Gasteiger partial charge in [-0.2, -0.15) is 5.26 Å². The van der Waals surface area contributed by atoms with Crippen LogP contribution in [0.2, 0.25) is 0 Å². The molecule has 1 atom stereocenters. The maximum absolute atomic E-state index is 12.7. The van der Waals surface area contributed by atoms with Crippen molar-refractivity contribution in [1.82, 2.24) is 9.36 Å². The normalized spacial score (nSPS) is 11.5. The van der Waals surface area contributed by atoms with Crippen LogP contribution in [-0.4, -0.2) is 38.8 Å². The van der Waals surface area contributed by atoms with E-state index in [0.29, 0.717) is 11.4 Å². The fraction of sp³-hybridized carbons (Fsp3) is 0.333. The molecule has 0 radical (unpaired) electrons. The van der Waals surface area contributed by atoms with Crippen molar-refractivity contribution in [2.24, 2.45) is 7.05 Å². The zero-order valence-electron chi connectivity index (χ0n) is 15.3. The smallest absolute Gasteiger partial charge is 0.317 e. The highest BCUT2D eigenvalue weighted by molar-refractivity contribution is 8.00. The first kappa shape index (κ1) is 20.3. The Morgan fingerprint density at radius 2 is 1.96 bits per heavy atom. The Balaban J connectivity index is 2.02. The summed E-state index contributed by atoms with van der Waals surface area (Å²) in [5, 5.41) is 11.2. The molecule has 0 saturated heterocycles. The van der Waals surface area contributed by atoms with Gasteiger partial charge in [-0.25, -0.2) is 4.68 Å². The minimum absolute atomic E-state index is 0.0187. The number of rotatable bonds is 7. The molecule has 27 heavy (non-hydrogen) atoms. The number of thioether (sulfide) groups is 1. The van der Waals surface area contributed by atoms with Crippen molar-refractivity contribution in [3.05, 3.63) is 46.4 Å². The van der Waals surface area contributed by atoms with E-state index in [4.69, 9.17) is 10.00 Å². The van der Waals surface area contributed by atoms with Crippen LogP contribution in [0.25, 0.3) is 5.69 Å². The number of hydrogen-bond donors (Lipinski definition) is 1. The lowest BCUT2D eigenvalue weighted by Crippen LogP contribution is -2.24. The lowest BCUT2D eigenvalue weighted by molar-refractivity contribution is -0.142. The van der Waals surface area contributed by atoms with E-state index < -0.39 is 18.0 Å². The molecule has 1 aromatic carbocycles. The third-order valence-corrected chi connectivity index (χ3v) is 4.67. The van der Waals surface area contributed by atoms with Crippen molar-refractivity contribution in [3.8, 4) is 11.8 Å². The summed E-state index contributed by atoms with van der Waals surface area (Å²) in [6.45, 7) is 3.20. The molecule has 0 fully saturated rings. The van der Waals surface area contributed by atoms with Gasteiger partial charge in [0.1, 0.15) is 11.8 Å². The molecule has 2 aromatic rings. The van der Waals surface area contributed by atoms with Crippen molar-refractivity contribution >= 4 is 29.3 Å². The first-order chi connectivity index (χ1) is 12.8.